The average molecular weight is 367 g/mol. The zero-order valence-corrected chi connectivity index (χ0v) is 14.8. The topological polar surface area (TPSA) is 101 Å². The standard InChI is InChI=1S/C19H17N3O5/c1-12(2)21(13-6-4-3-5-7-13)17(23)11-20-18(24)15-9-8-14(22(26)27)10-16(15)19(20)25/h3-10,12H,11H2,1-2H3. The summed E-state index contributed by atoms with van der Waals surface area (Å²) in [5.74, 6) is -1.75. The summed E-state index contributed by atoms with van der Waals surface area (Å²) < 4.78 is 0. The first kappa shape index (κ1) is 18.2. The number of fused-ring (bicyclic) bond motifs is 1. The van der Waals surface area contributed by atoms with Crippen LogP contribution in [-0.4, -0.2) is 40.1 Å². The molecular weight excluding hydrogens is 350 g/mol. The Balaban J connectivity index is 1.87. The largest absolute Gasteiger partial charge is 0.308 e. The summed E-state index contributed by atoms with van der Waals surface area (Å²) in [6.45, 7) is 3.22. The lowest BCUT2D eigenvalue weighted by Gasteiger charge is -2.28. The van der Waals surface area contributed by atoms with Crippen LogP contribution in [0.4, 0.5) is 11.4 Å². The first-order valence-electron chi connectivity index (χ1n) is 8.33. The number of hydrogen-bond acceptors (Lipinski definition) is 5. The fourth-order valence-corrected chi connectivity index (χ4v) is 3.07. The second kappa shape index (κ2) is 6.99. The molecule has 0 saturated carbocycles. The molecule has 0 aliphatic carbocycles. The fourth-order valence-electron chi connectivity index (χ4n) is 3.07. The first-order valence-corrected chi connectivity index (χ1v) is 8.33. The van der Waals surface area contributed by atoms with Gasteiger partial charge in [-0.3, -0.25) is 29.4 Å². The van der Waals surface area contributed by atoms with Gasteiger partial charge in [0.05, 0.1) is 16.1 Å². The van der Waals surface area contributed by atoms with Gasteiger partial charge >= 0.3 is 0 Å². The number of hydrogen-bond donors (Lipinski definition) is 0. The molecule has 0 aromatic heterocycles. The molecule has 0 radical (unpaired) electrons. The fraction of sp³-hybridized carbons (Fsp3) is 0.211. The summed E-state index contributed by atoms with van der Waals surface area (Å²) in [4.78, 5) is 50.5. The molecule has 2 aromatic carbocycles. The Labute approximate surface area is 155 Å². The highest BCUT2D eigenvalue weighted by Crippen LogP contribution is 2.27. The number of rotatable bonds is 5. The Morgan fingerprint density at radius 3 is 2.30 bits per heavy atom. The van der Waals surface area contributed by atoms with Crippen molar-refractivity contribution in [2.75, 3.05) is 11.4 Å². The number of carbonyl (C=O) groups excluding carboxylic acids is 3. The lowest BCUT2D eigenvalue weighted by Crippen LogP contribution is -2.45. The Morgan fingerprint density at radius 1 is 1.07 bits per heavy atom. The van der Waals surface area contributed by atoms with Crippen molar-refractivity contribution < 1.29 is 19.3 Å². The number of nitrogens with zero attached hydrogens (tertiary/aromatic N) is 3. The van der Waals surface area contributed by atoms with Crippen LogP contribution in [0.5, 0.6) is 0 Å². The molecule has 0 saturated heterocycles. The summed E-state index contributed by atoms with van der Waals surface area (Å²) in [6, 6.07) is 12.2. The van der Waals surface area contributed by atoms with Gasteiger partial charge in [0.15, 0.2) is 0 Å². The summed E-state index contributed by atoms with van der Waals surface area (Å²) in [5, 5.41) is 10.9. The smallest absolute Gasteiger partial charge is 0.270 e. The Bertz CT molecular complexity index is 940. The van der Waals surface area contributed by atoms with Crippen LogP contribution < -0.4 is 4.90 Å². The van der Waals surface area contributed by atoms with Crippen molar-refractivity contribution in [1.82, 2.24) is 4.90 Å². The number of nitro benzene ring substituents is 1. The minimum absolute atomic E-state index is 0.0576. The van der Waals surface area contributed by atoms with E-state index < -0.39 is 29.2 Å². The van der Waals surface area contributed by atoms with Gasteiger partial charge in [0.25, 0.3) is 17.5 Å². The van der Waals surface area contributed by atoms with Gasteiger partial charge in [0, 0.05) is 23.9 Å². The van der Waals surface area contributed by atoms with Crippen LogP contribution in [0.1, 0.15) is 34.6 Å². The molecule has 0 spiro atoms. The quantitative estimate of drug-likeness (QED) is 0.459. The minimum atomic E-state index is -0.705. The van der Waals surface area contributed by atoms with Crippen LogP contribution in [0.25, 0.3) is 0 Å². The molecule has 27 heavy (non-hydrogen) atoms. The normalized spacial score (nSPS) is 13.1. The predicted octanol–water partition coefficient (Wildman–Crippen LogP) is 2.63. The number of amides is 3. The van der Waals surface area contributed by atoms with Gasteiger partial charge in [-0.1, -0.05) is 18.2 Å². The third-order valence-electron chi connectivity index (χ3n) is 4.28. The second-order valence-corrected chi connectivity index (χ2v) is 6.38. The number of carbonyl (C=O) groups is 3. The summed E-state index contributed by atoms with van der Waals surface area (Å²) in [7, 11) is 0. The van der Waals surface area contributed by atoms with Crippen molar-refractivity contribution >= 4 is 29.1 Å². The maximum atomic E-state index is 12.8. The summed E-state index contributed by atoms with van der Waals surface area (Å²) in [6.07, 6.45) is 0. The molecule has 8 nitrogen and oxygen atoms in total. The van der Waals surface area contributed by atoms with Gasteiger partial charge in [-0.15, -0.1) is 0 Å². The van der Waals surface area contributed by atoms with Gasteiger partial charge in [0.1, 0.15) is 6.54 Å². The summed E-state index contributed by atoms with van der Waals surface area (Å²) in [5.41, 5.74) is 0.382. The van der Waals surface area contributed by atoms with Gasteiger partial charge in [-0.2, -0.15) is 0 Å². The SMILES string of the molecule is CC(C)N(C(=O)CN1C(=O)c2ccc([N+](=O)[O-])cc2C1=O)c1ccccc1. The number of nitro groups is 1. The van der Waals surface area contributed by atoms with Crippen LogP contribution in [0.2, 0.25) is 0 Å². The van der Waals surface area contributed by atoms with Crippen molar-refractivity contribution in [3.05, 3.63) is 69.8 Å². The van der Waals surface area contributed by atoms with E-state index in [2.05, 4.69) is 0 Å². The van der Waals surface area contributed by atoms with Crippen LogP contribution in [0.15, 0.2) is 48.5 Å². The van der Waals surface area contributed by atoms with E-state index in [1.54, 1.807) is 24.3 Å². The van der Waals surface area contributed by atoms with Gasteiger partial charge in [-0.05, 0) is 32.0 Å². The molecule has 2 aromatic rings. The van der Waals surface area contributed by atoms with Gasteiger partial charge in [-0.25, -0.2) is 0 Å². The van der Waals surface area contributed by atoms with E-state index in [9.17, 15) is 24.5 Å². The predicted molar refractivity (Wildman–Crippen MR) is 97.5 cm³/mol. The third-order valence-corrected chi connectivity index (χ3v) is 4.28. The van der Waals surface area contributed by atoms with Gasteiger partial charge in [0.2, 0.25) is 5.91 Å². The zero-order chi connectivity index (χ0) is 19.7. The van der Waals surface area contributed by atoms with E-state index in [0.717, 1.165) is 11.0 Å². The molecule has 1 aliphatic heterocycles. The molecule has 138 valence electrons. The van der Waals surface area contributed by atoms with Crippen LogP contribution in [-0.2, 0) is 4.79 Å². The number of non-ortho nitro benzene ring substituents is 1. The second-order valence-electron chi connectivity index (χ2n) is 6.38. The van der Waals surface area contributed by atoms with E-state index in [0.29, 0.717) is 5.69 Å². The Hall–Kier alpha value is -3.55. The van der Waals surface area contributed by atoms with Crippen molar-refractivity contribution in [2.45, 2.75) is 19.9 Å². The Morgan fingerprint density at radius 2 is 1.70 bits per heavy atom. The van der Waals surface area contributed by atoms with Crippen molar-refractivity contribution in [1.29, 1.82) is 0 Å². The lowest BCUT2D eigenvalue weighted by atomic mass is 10.1. The highest BCUT2D eigenvalue weighted by Gasteiger charge is 2.38. The number of benzene rings is 2. The monoisotopic (exact) mass is 367 g/mol. The minimum Gasteiger partial charge on any atom is -0.308 e. The van der Waals surface area contributed by atoms with E-state index in [1.165, 1.54) is 17.0 Å². The average Bonchev–Trinajstić information content (AvgIpc) is 2.87. The zero-order valence-electron chi connectivity index (χ0n) is 14.8. The third kappa shape index (κ3) is 3.29. The summed E-state index contributed by atoms with van der Waals surface area (Å²) >= 11 is 0. The molecule has 0 fully saturated rings. The van der Waals surface area contributed by atoms with Gasteiger partial charge < -0.3 is 4.90 Å². The molecule has 8 heteroatoms. The molecule has 0 N–H and O–H groups in total. The maximum Gasteiger partial charge on any atom is 0.270 e. The molecule has 3 rings (SSSR count). The van der Waals surface area contributed by atoms with E-state index >= 15 is 0 Å². The molecule has 1 aliphatic rings. The number of imide groups is 1. The van der Waals surface area contributed by atoms with E-state index in [1.807, 2.05) is 19.9 Å². The number of anilines is 1. The van der Waals surface area contributed by atoms with Crippen molar-refractivity contribution in [3.8, 4) is 0 Å². The van der Waals surface area contributed by atoms with Crippen molar-refractivity contribution in [2.24, 2.45) is 0 Å². The molecular formula is C19H17N3O5. The van der Waals surface area contributed by atoms with E-state index in [-0.39, 0.29) is 22.9 Å². The number of para-hydroxylation sites is 1. The maximum absolute atomic E-state index is 12.8. The first-order chi connectivity index (χ1) is 12.8. The Kier molecular flexibility index (Phi) is 4.72. The molecule has 1 heterocycles. The van der Waals surface area contributed by atoms with Crippen LogP contribution in [0.3, 0.4) is 0 Å². The van der Waals surface area contributed by atoms with Crippen LogP contribution in [0, 0.1) is 10.1 Å². The molecule has 0 bridgehead atoms. The lowest BCUT2D eigenvalue weighted by molar-refractivity contribution is -0.384. The van der Waals surface area contributed by atoms with E-state index in [4.69, 9.17) is 0 Å². The highest BCUT2D eigenvalue weighted by atomic mass is 16.6. The molecule has 3 amide bonds. The molecule has 0 unspecified atom stereocenters. The highest BCUT2D eigenvalue weighted by molar-refractivity contribution is 6.23. The van der Waals surface area contributed by atoms with Crippen LogP contribution >= 0.6 is 0 Å². The van der Waals surface area contributed by atoms with Crippen molar-refractivity contribution in [3.63, 3.8) is 0 Å². The molecule has 0 atom stereocenters.